The first-order chi connectivity index (χ1) is 10.3. The summed E-state index contributed by atoms with van der Waals surface area (Å²) in [6, 6.07) is 10.6. The predicted molar refractivity (Wildman–Crippen MR) is 105 cm³/mol. The smallest absolute Gasteiger partial charge is 0.0182 e. The molecule has 0 aromatic heterocycles. The summed E-state index contributed by atoms with van der Waals surface area (Å²) in [4.78, 5) is 0. The fourth-order valence-electron chi connectivity index (χ4n) is 2.54. The van der Waals surface area contributed by atoms with E-state index in [0.29, 0.717) is 5.92 Å². The molecular formula is C20H25I. The molecule has 0 nitrogen and oxygen atoms in total. The molecule has 0 radical (unpaired) electrons. The topological polar surface area (TPSA) is 0 Å². The summed E-state index contributed by atoms with van der Waals surface area (Å²) < 4.78 is 1.02. The van der Waals surface area contributed by atoms with Crippen LogP contribution in [0.15, 0.2) is 72.9 Å². The molecule has 0 saturated heterocycles. The molecule has 112 valence electrons. The number of hydrogen-bond donors (Lipinski definition) is 0. The van der Waals surface area contributed by atoms with Gasteiger partial charge >= 0.3 is 0 Å². The van der Waals surface area contributed by atoms with E-state index in [4.69, 9.17) is 0 Å². The Morgan fingerprint density at radius 2 is 2.00 bits per heavy atom. The van der Waals surface area contributed by atoms with Crippen molar-refractivity contribution >= 4 is 28.2 Å². The van der Waals surface area contributed by atoms with Gasteiger partial charge in [0.1, 0.15) is 0 Å². The van der Waals surface area contributed by atoms with Gasteiger partial charge in [-0.15, -0.1) is 0 Å². The Kier molecular flexibility index (Phi) is 9.07. The molecule has 1 atom stereocenters. The van der Waals surface area contributed by atoms with E-state index in [9.17, 15) is 0 Å². The molecule has 0 aliphatic carbocycles. The Bertz CT molecular complexity index is 506. The second kappa shape index (κ2) is 10.6. The van der Waals surface area contributed by atoms with Gasteiger partial charge in [-0.2, -0.15) is 0 Å². The number of hydrogen-bond acceptors (Lipinski definition) is 0. The highest BCUT2D eigenvalue weighted by Gasteiger charge is 2.15. The molecule has 0 amide bonds. The van der Waals surface area contributed by atoms with E-state index in [2.05, 4.69) is 97.7 Å². The molecule has 0 aliphatic rings. The maximum absolute atomic E-state index is 3.90. The average Bonchev–Trinajstić information content (AvgIpc) is 2.51. The van der Waals surface area contributed by atoms with E-state index in [1.807, 2.05) is 6.08 Å². The maximum atomic E-state index is 3.90. The molecule has 0 saturated carbocycles. The number of alkyl halides is 1. The van der Waals surface area contributed by atoms with Gasteiger partial charge in [0, 0.05) is 10.3 Å². The number of benzene rings is 1. The minimum atomic E-state index is 0.473. The number of allylic oxidation sites excluding steroid dienone is 7. The lowest BCUT2D eigenvalue weighted by Crippen LogP contribution is -2.04. The fraction of sp³-hybridized carbons (Fsp3) is 0.300. The molecule has 0 heterocycles. The van der Waals surface area contributed by atoms with Gasteiger partial charge in [-0.1, -0.05) is 103 Å². The van der Waals surface area contributed by atoms with E-state index in [1.54, 1.807) is 0 Å². The lowest BCUT2D eigenvalue weighted by atomic mass is 9.85. The van der Waals surface area contributed by atoms with Crippen molar-refractivity contribution in [1.82, 2.24) is 0 Å². The molecule has 21 heavy (non-hydrogen) atoms. The van der Waals surface area contributed by atoms with Crippen LogP contribution in [0.2, 0.25) is 0 Å². The Hall–Kier alpha value is -1.09. The van der Waals surface area contributed by atoms with Gasteiger partial charge in [0.25, 0.3) is 0 Å². The largest absolute Gasteiger partial charge is 0.0990 e. The summed E-state index contributed by atoms with van der Waals surface area (Å²) in [6.45, 7) is 8.24. The van der Waals surface area contributed by atoms with Crippen LogP contribution >= 0.6 is 22.6 Å². The first-order valence-corrected chi connectivity index (χ1v) is 9.08. The van der Waals surface area contributed by atoms with Crippen LogP contribution in [0.5, 0.6) is 0 Å². The predicted octanol–water partition coefficient (Wildman–Crippen LogP) is 6.61. The van der Waals surface area contributed by atoms with Crippen molar-refractivity contribution in [3.05, 3.63) is 78.4 Å². The summed E-state index contributed by atoms with van der Waals surface area (Å²) in [5.41, 5.74) is 3.97. The van der Waals surface area contributed by atoms with Gasteiger partial charge in [-0.05, 0) is 30.1 Å². The molecule has 0 spiro atoms. The van der Waals surface area contributed by atoms with Crippen molar-refractivity contribution in [3.63, 3.8) is 0 Å². The normalized spacial score (nSPS) is 14.4. The van der Waals surface area contributed by atoms with Crippen LogP contribution in [0.25, 0.3) is 5.57 Å². The van der Waals surface area contributed by atoms with Crippen LogP contribution < -0.4 is 0 Å². The monoisotopic (exact) mass is 392 g/mol. The van der Waals surface area contributed by atoms with E-state index in [0.717, 1.165) is 4.43 Å². The number of halogens is 1. The third-order valence-electron chi connectivity index (χ3n) is 3.40. The second-order valence-electron chi connectivity index (χ2n) is 4.92. The molecule has 1 heteroatoms. The quantitative estimate of drug-likeness (QED) is 0.202. The molecular weight excluding hydrogens is 367 g/mol. The minimum absolute atomic E-state index is 0.473. The van der Waals surface area contributed by atoms with Crippen LogP contribution in [0, 0.1) is 5.92 Å². The van der Waals surface area contributed by atoms with Crippen LogP contribution in [-0.2, 0) is 0 Å². The summed E-state index contributed by atoms with van der Waals surface area (Å²) in [5, 5.41) is 0. The molecule has 1 rings (SSSR count). The van der Waals surface area contributed by atoms with Gasteiger partial charge in [-0.25, -0.2) is 0 Å². The third kappa shape index (κ3) is 5.66. The zero-order valence-electron chi connectivity index (χ0n) is 13.1. The van der Waals surface area contributed by atoms with Gasteiger partial charge in [-0.3, -0.25) is 0 Å². The van der Waals surface area contributed by atoms with Crippen LogP contribution in [0.1, 0.15) is 32.3 Å². The van der Waals surface area contributed by atoms with Gasteiger partial charge in [0.2, 0.25) is 0 Å². The lowest BCUT2D eigenvalue weighted by Gasteiger charge is -2.20. The fourth-order valence-corrected chi connectivity index (χ4v) is 3.01. The molecule has 0 aliphatic heterocycles. The van der Waals surface area contributed by atoms with Crippen LogP contribution in [-0.4, -0.2) is 4.43 Å². The Morgan fingerprint density at radius 1 is 1.29 bits per heavy atom. The van der Waals surface area contributed by atoms with Crippen molar-refractivity contribution in [1.29, 1.82) is 0 Å². The Morgan fingerprint density at radius 3 is 2.52 bits per heavy atom. The zero-order valence-corrected chi connectivity index (χ0v) is 15.2. The van der Waals surface area contributed by atoms with Crippen LogP contribution in [0.3, 0.4) is 0 Å². The molecule has 1 aromatic rings. The summed E-state index contributed by atoms with van der Waals surface area (Å²) >= 11 is 2.42. The molecule has 0 fully saturated rings. The van der Waals surface area contributed by atoms with Gasteiger partial charge in [0.05, 0.1) is 0 Å². The highest BCUT2D eigenvalue weighted by molar-refractivity contribution is 14.1. The maximum Gasteiger partial charge on any atom is 0.0182 e. The first-order valence-electron chi connectivity index (χ1n) is 7.55. The molecule has 0 N–H and O–H groups in total. The van der Waals surface area contributed by atoms with Crippen molar-refractivity contribution in [2.24, 2.45) is 5.92 Å². The summed E-state index contributed by atoms with van der Waals surface area (Å²) in [5.74, 6) is 0.473. The van der Waals surface area contributed by atoms with Crippen molar-refractivity contribution in [3.8, 4) is 0 Å². The summed E-state index contributed by atoms with van der Waals surface area (Å²) in [7, 11) is 0. The van der Waals surface area contributed by atoms with E-state index >= 15 is 0 Å². The van der Waals surface area contributed by atoms with E-state index < -0.39 is 0 Å². The van der Waals surface area contributed by atoms with Crippen molar-refractivity contribution < 1.29 is 0 Å². The third-order valence-corrected chi connectivity index (χ3v) is 3.84. The van der Waals surface area contributed by atoms with E-state index in [1.165, 1.54) is 29.6 Å². The van der Waals surface area contributed by atoms with Crippen LogP contribution in [0.4, 0.5) is 0 Å². The molecule has 1 unspecified atom stereocenters. The van der Waals surface area contributed by atoms with Gasteiger partial charge in [0.15, 0.2) is 0 Å². The average molecular weight is 392 g/mol. The molecule has 0 bridgehead atoms. The van der Waals surface area contributed by atoms with Crippen molar-refractivity contribution in [2.45, 2.75) is 26.7 Å². The highest BCUT2D eigenvalue weighted by atomic mass is 127. The first kappa shape index (κ1) is 18.0. The highest BCUT2D eigenvalue weighted by Crippen LogP contribution is 2.32. The SMILES string of the molecule is C=C/C=C(\C(=C/CI)C(/C=C\C)CCC)c1ccccc1. The van der Waals surface area contributed by atoms with E-state index in [-0.39, 0.29) is 0 Å². The lowest BCUT2D eigenvalue weighted by molar-refractivity contribution is 0.671. The minimum Gasteiger partial charge on any atom is -0.0990 e. The zero-order chi connectivity index (χ0) is 15.5. The Balaban J connectivity index is 3.31. The van der Waals surface area contributed by atoms with Crippen molar-refractivity contribution in [2.75, 3.05) is 4.43 Å². The van der Waals surface area contributed by atoms with Gasteiger partial charge < -0.3 is 0 Å². The number of rotatable bonds is 8. The molecule has 1 aromatic carbocycles. The summed E-state index contributed by atoms with van der Waals surface area (Å²) in [6.07, 6.45) is 13.2. The second-order valence-corrected chi connectivity index (χ2v) is 5.80. The Labute approximate surface area is 143 Å². The standard InChI is InChI=1S/C20H25I/c1-4-10-17(11-5-2)20(15-16-21)19(12-6-3)18-13-8-7-9-14-18/h4,6-10,12-15,17H,3,5,11,16H2,1-2H3/b10-4-,19-12-,20-15-.